The van der Waals surface area contributed by atoms with E-state index in [-0.39, 0.29) is 0 Å². The van der Waals surface area contributed by atoms with Gasteiger partial charge in [0, 0.05) is 6.61 Å². The molecule has 4 aliphatic carbocycles. The van der Waals surface area contributed by atoms with Gasteiger partial charge in [-0.3, -0.25) is 0 Å². The van der Waals surface area contributed by atoms with Crippen molar-refractivity contribution >= 4 is 0 Å². The van der Waals surface area contributed by atoms with Crippen LogP contribution in [0.2, 0.25) is 0 Å². The fourth-order valence-corrected chi connectivity index (χ4v) is 7.78. The highest BCUT2D eigenvalue weighted by molar-refractivity contribution is 5.09. The lowest BCUT2D eigenvalue weighted by atomic mass is 9.45. The van der Waals surface area contributed by atoms with E-state index >= 15 is 0 Å². The maximum absolute atomic E-state index is 6.34. The molecule has 2 unspecified atom stereocenters. The fraction of sp³-hybridized carbons (Fsp3) is 1.00. The largest absolute Gasteiger partial charge is 0.378 e. The van der Waals surface area contributed by atoms with E-state index in [0.29, 0.717) is 16.9 Å². The molecule has 4 saturated carbocycles. The highest BCUT2D eigenvalue weighted by atomic mass is 16.5. The Labute approximate surface area is 143 Å². The Bertz CT molecular complexity index is 432. The third kappa shape index (κ3) is 2.43. The molecule has 0 radical (unpaired) electrons. The molecule has 0 saturated heterocycles. The van der Waals surface area contributed by atoms with Gasteiger partial charge in [-0.05, 0) is 92.3 Å². The number of hydrogen-bond donors (Lipinski definition) is 0. The highest BCUT2D eigenvalue weighted by Crippen LogP contribution is 2.66. The number of rotatable bonds is 3. The molecule has 0 heterocycles. The van der Waals surface area contributed by atoms with Crippen molar-refractivity contribution in [2.24, 2.45) is 34.5 Å². The molecule has 0 aromatic carbocycles. The van der Waals surface area contributed by atoms with Crippen molar-refractivity contribution in [1.29, 1.82) is 0 Å². The van der Waals surface area contributed by atoms with Crippen molar-refractivity contribution in [2.75, 3.05) is 6.61 Å². The molecular formula is C22H38O. The second-order valence-corrected chi connectivity index (χ2v) is 9.88. The molecule has 4 fully saturated rings. The molecule has 0 spiro atoms. The predicted octanol–water partition coefficient (Wildman–Crippen LogP) is 6.21. The topological polar surface area (TPSA) is 9.23 Å². The molecule has 1 nitrogen and oxygen atoms in total. The van der Waals surface area contributed by atoms with Crippen LogP contribution < -0.4 is 0 Å². The lowest BCUT2D eigenvalue weighted by molar-refractivity contribution is -0.130. The van der Waals surface area contributed by atoms with Crippen molar-refractivity contribution in [3.05, 3.63) is 0 Å². The minimum Gasteiger partial charge on any atom is -0.378 e. The smallest absolute Gasteiger partial charge is 0.0631 e. The molecule has 0 N–H and O–H groups in total. The van der Waals surface area contributed by atoms with Crippen LogP contribution in [0.15, 0.2) is 0 Å². The summed E-state index contributed by atoms with van der Waals surface area (Å²) in [5.74, 6) is 4.06. The summed E-state index contributed by atoms with van der Waals surface area (Å²) in [6.45, 7) is 8.50. The van der Waals surface area contributed by atoms with Gasteiger partial charge in [0.15, 0.2) is 0 Å². The highest BCUT2D eigenvalue weighted by Gasteiger charge is 2.59. The van der Waals surface area contributed by atoms with Gasteiger partial charge in [0.1, 0.15) is 0 Å². The van der Waals surface area contributed by atoms with Crippen molar-refractivity contribution in [1.82, 2.24) is 0 Å². The molecule has 0 aliphatic heterocycles. The summed E-state index contributed by atoms with van der Waals surface area (Å²) in [4.78, 5) is 0. The molecule has 7 atom stereocenters. The van der Waals surface area contributed by atoms with Crippen LogP contribution in [-0.4, -0.2) is 12.7 Å². The van der Waals surface area contributed by atoms with E-state index in [1.165, 1.54) is 70.6 Å². The van der Waals surface area contributed by atoms with Crippen molar-refractivity contribution < 1.29 is 4.74 Å². The molecule has 0 aromatic rings. The Morgan fingerprint density at radius 1 is 0.826 bits per heavy atom. The van der Waals surface area contributed by atoms with Gasteiger partial charge in [-0.15, -0.1) is 0 Å². The quantitative estimate of drug-likeness (QED) is 0.600. The lowest BCUT2D eigenvalue weighted by Gasteiger charge is -2.60. The summed E-state index contributed by atoms with van der Waals surface area (Å²) < 4.78 is 6.34. The Hall–Kier alpha value is -0.0400. The van der Waals surface area contributed by atoms with Crippen molar-refractivity contribution in [3.8, 4) is 0 Å². The summed E-state index contributed by atoms with van der Waals surface area (Å²) in [5, 5.41) is 0. The van der Waals surface area contributed by atoms with Crippen LogP contribution in [0.25, 0.3) is 0 Å². The zero-order valence-corrected chi connectivity index (χ0v) is 15.8. The Kier molecular flexibility index (Phi) is 4.32. The van der Waals surface area contributed by atoms with E-state index in [4.69, 9.17) is 4.74 Å². The average molecular weight is 319 g/mol. The summed E-state index contributed by atoms with van der Waals surface area (Å²) in [6.07, 6.45) is 16.6. The Balaban J connectivity index is 1.55. The van der Waals surface area contributed by atoms with Crippen LogP contribution in [-0.2, 0) is 4.74 Å². The molecule has 4 aliphatic rings. The van der Waals surface area contributed by atoms with Gasteiger partial charge in [-0.1, -0.05) is 33.6 Å². The number of hydrogen-bond acceptors (Lipinski definition) is 1. The zero-order chi connectivity index (χ0) is 16.1. The van der Waals surface area contributed by atoms with Crippen LogP contribution in [0.3, 0.4) is 0 Å². The summed E-state index contributed by atoms with van der Waals surface area (Å²) in [5.41, 5.74) is 1.18. The second-order valence-electron chi connectivity index (χ2n) is 9.88. The van der Waals surface area contributed by atoms with Crippen molar-refractivity contribution in [3.63, 3.8) is 0 Å². The first-order valence-corrected chi connectivity index (χ1v) is 10.7. The molecule has 0 bridgehead atoms. The van der Waals surface area contributed by atoms with Crippen LogP contribution in [0.1, 0.15) is 91.4 Å². The minimum atomic E-state index is 0.494. The minimum absolute atomic E-state index is 0.494. The van der Waals surface area contributed by atoms with Gasteiger partial charge >= 0.3 is 0 Å². The first kappa shape index (κ1) is 16.4. The second kappa shape index (κ2) is 6.04. The number of fused-ring (bicyclic) bond motifs is 5. The van der Waals surface area contributed by atoms with Gasteiger partial charge in [0.05, 0.1) is 6.10 Å². The maximum atomic E-state index is 6.34. The fourth-order valence-electron chi connectivity index (χ4n) is 7.78. The average Bonchev–Trinajstić information content (AvgIpc) is 2.89. The zero-order valence-electron chi connectivity index (χ0n) is 15.8. The van der Waals surface area contributed by atoms with E-state index in [1.807, 2.05) is 0 Å². The first-order valence-electron chi connectivity index (χ1n) is 10.7. The predicted molar refractivity (Wildman–Crippen MR) is 96.4 cm³/mol. The van der Waals surface area contributed by atoms with Crippen LogP contribution in [0.5, 0.6) is 0 Å². The van der Waals surface area contributed by atoms with E-state index in [1.54, 1.807) is 0 Å². The standard InChI is InChI=1S/C22H38O/c1-4-15-23-20-11-10-18-17-9-8-16-7-5-6-13-21(16,2)19(17)12-14-22(18,20)3/h16-20H,4-15H2,1-3H3/t16?,17-,18-,19+,20?,21-,22-/m0/s1. The van der Waals surface area contributed by atoms with Crippen LogP contribution >= 0.6 is 0 Å². The molecule has 23 heavy (non-hydrogen) atoms. The van der Waals surface area contributed by atoms with Gasteiger partial charge in [-0.2, -0.15) is 0 Å². The normalized spacial score (nSPS) is 52.6. The summed E-state index contributed by atoms with van der Waals surface area (Å²) in [6, 6.07) is 0. The molecular weight excluding hydrogens is 280 g/mol. The SMILES string of the molecule is CCCOC1CC[C@H]2[C@@H]3CCC4CCCC[C@]4(C)[C@@H]3CC[C@]12C. The molecule has 132 valence electrons. The van der Waals surface area contributed by atoms with E-state index in [0.717, 1.165) is 30.3 Å². The first-order chi connectivity index (χ1) is 11.1. The third-order valence-electron chi connectivity index (χ3n) is 9.02. The Morgan fingerprint density at radius 2 is 1.65 bits per heavy atom. The van der Waals surface area contributed by atoms with Gasteiger partial charge in [0.25, 0.3) is 0 Å². The van der Waals surface area contributed by atoms with Crippen LogP contribution in [0, 0.1) is 34.5 Å². The number of ether oxygens (including phenoxy) is 1. The lowest BCUT2D eigenvalue weighted by Crippen LogP contribution is -2.53. The summed E-state index contributed by atoms with van der Waals surface area (Å²) >= 11 is 0. The van der Waals surface area contributed by atoms with E-state index < -0.39 is 0 Å². The van der Waals surface area contributed by atoms with E-state index in [2.05, 4.69) is 20.8 Å². The van der Waals surface area contributed by atoms with Gasteiger partial charge in [-0.25, -0.2) is 0 Å². The molecule has 0 aromatic heterocycles. The molecule has 1 heteroatoms. The Morgan fingerprint density at radius 3 is 2.48 bits per heavy atom. The maximum Gasteiger partial charge on any atom is 0.0631 e. The van der Waals surface area contributed by atoms with Crippen LogP contribution in [0.4, 0.5) is 0 Å². The third-order valence-corrected chi connectivity index (χ3v) is 9.02. The van der Waals surface area contributed by atoms with Gasteiger partial charge < -0.3 is 4.74 Å². The van der Waals surface area contributed by atoms with Gasteiger partial charge in [0.2, 0.25) is 0 Å². The monoisotopic (exact) mass is 318 g/mol. The summed E-state index contributed by atoms with van der Waals surface area (Å²) in [7, 11) is 0. The van der Waals surface area contributed by atoms with Crippen molar-refractivity contribution in [2.45, 2.75) is 97.5 Å². The van der Waals surface area contributed by atoms with E-state index in [9.17, 15) is 0 Å². The molecule has 4 rings (SSSR count). The molecule has 0 amide bonds.